The summed E-state index contributed by atoms with van der Waals surface area (Å²) in [7, 11) is 0. The van der Waals surface area contributed by atoms with Gasteiger partial charge in [-0.15, -0.1) is 0 Å². The molecule has 0 fully saturated rings. The monoisotopic (exact) mass is 232 g/mol. The summed E-state index contributed by atoms with van der Waals surface area (Å²) in [5.74, 6) is 0.568. The third-order valence-corrected chi connectivity index (χ3v) is 2.40. The van der Waals surface area contributed by atoms with Gasteiger partial charge in [0.05, 0.1) is 0 Å². The number of benzene rings is 1. The van der Waals surface area contributed by atoms with Gasteiger partial charge in [-0.3, -0.25) is 0 Å². The van der Waals surface area contributed by atoms with Gasteiger partial charge < -0.3 is 10.5 Å². The molecule has 1 aromatic carbocycles. The Morgan fingerprint density at radius 3 is 2.76 bits per heavy atom. The zero-order valence-corrected chi connectivity index (χ0v) is 9.48. The second-order valence-corrected chi connectivity index (χ2v) is 3.72. The van der Waals surface area contributed by atoms with E-state index in [1.165, 1.54) is 12.1 Å². The van der Waals surface area contributed by atoms with E-state index >= 15 is 0 Å². The average molecular weight is 232 g/mol. The summed E-state index contributed by atoms with van der Waals surface area (Å²) >= 11 is 0. The van der Waals surface area contributed by atoms with E-state index in [0.717, 1.165) is 11.1 Å². The quantitative estimate of drug-likeness (QED) is 0.885. The van der Waals surface area contributed by atoms with Crippen molar-refractivity contribution >= 4 is 0 Å². The average Bonchev–Trinajstić information content (AvgIpc) is 2.35. The molecule has 0 aliphatic carbocycles. The van der Waals surface area contributed by atoms with Gasteiger partial charge in [-0.05, 0) is 24.1 Å². The summed E-state index contributed by atoms with van der Waals surface area (Å²) in [5.41, 5.74) is 7.25. The molecule has 0 bridgehead atoms. The van der Waals surface area contributed by atoms with E-state index in [1.54, 1.807) is 18.3 Å². The maximum absolute atomic E-state index is 13.1. The Balaban J connectivity index is 2.22. The van der Waals surface area contributed by atoms with Gasteiger partial charge >= 0.3 is 0 Å². The summed E-state index contributed by atoms with van der Waals surface area (Å²) in [4.78, 5) is 4.09. The fraction of sp³-hybridized carbons (Fsp3) is 0.154. The number of ether oxygens (including phenoxy) is 1. The van der Waals surface area contributed by atoms with Crippen LogP contribution in [0.5, 0.6) is 11.6 Å². The van der Waals surface area contributed by atoms with Crippen molar-refractivity contribution in [2.24, 2.45) is 5.73 Å². The highest BCUT2D eigenvalue weighted by Crippen LogP contribution is 2.24. The van der Waals surface area contributed by atoms with Gasteiger partial charge in [0.2, 0.25) is 5.88 Å². The van der Waals surface area contributed by atoms with Crippen LogP contribution in [0.1, 0.15) is 11.1 Å². The minimum Gasteiger partial charge on any atom is -0.439 e. The van der Waals surface area contributed by atoms with E-state index in [1.807, 2.05) is 13.0 Å². The first-order chi connectivity index (χ1) is 8.19. The molecule has 1 heterocycles. The Kier molecular flexibility index (Phi) is 3.35. The van der Waals surface area contributed by atoms with E-state index in [2.05, 4.69) is 4.98 Å². The molecular formula is C13H13FN2O. The number of rotatable bonds is 3. The summed E-state index contributed by atoms with van der Waals surface area (Å²) in [6, 6.07) is 7.95. The molecule has 0 unspecified atom stereocenters. The van der Waals surface area contributed by atoms with E-state index in [9.17, 15) is 4.39 Å². The van der Waals surface area contributed by atoms with Gasteiger partial charge in [-0.2, -0.15) is 0 Å². The fourth-order valence-electron chi connectivity index (χ4n) is 1.39. The molecule has 0 saturated heterocycles. The largest absolute Gasteiger partial charge is 0.439 e. The van der Waals surface area contributed by atoms with Crippen molar-refractivity contribution in [3.05, 3.63) is 53.5 Å². The fourth-order valence-corrected chi connectivity index (χ4v) is 1.39. The first-order valence-electron chi connectivity index (χ1n) is 5.28. The summed E-state index contributed by atoms with van der Waals surface area (Å²) in [6.45, 7) is 2.29. The number of aryl methyl sites for hydroxylation is 1. The Labute approximate surface area is 99.1 Å². The first kappa shape index (κ1) is 11.5. The first-order valence-corrected chi connectivity index (χ1v) is 5.28. The number of aromatic nitrogens is 1. The molecule has 4 heteroatoms. The van der Waals surface area contributed by atoms with Gasteiger partial charge in [0.15, 0.2) is 0 Å². The van der Waals surface area contributed by atoms with Crippen molar-refractivity contribution in [1.82, 2.24) is 4.98 Å². The molecule has 0 amide bonds. The van der Waals surface area contributed by atoms with Gasteiger partial charge in [0.25, 0.3) is 0 Å². The molecule has 0 aliphatic heterocycles. The normalized spacial score (nSPS) is 10.3. The maximum Gasteiger partial charge on any atom is 0.219 e. The summed E-state index contributed by atoms with van der Waals surface area (Å²) in [6.07, 6.45) is 1.64. The Morgan fingerprint density at radius 1 is 1.29 bits per heavy atom. The van der Waals surface area contributed by atoms with Crippen LogP contribution in [0.25, 0.3) is 0 Å². The molecule has 0 radical (unpaired) electrons. The number of hydrogen-bond donors (Lipinski definition) is 1. The molecule has 2 aromatic rings. The van der Waals surface area contributed by atoms with Crippen molar-refractivity contribution in [1.29, 1.82) is 0 Å². The van der Waals surface area contributed by atoms with Crippen molar-refractivity contribution < 1.29 is 9.13 Å². The van der Waals surface area contributed by atoms with Gasteiger partial charge in [-0.1, -0.05) is 12.1 Å². The second-order valence-electron chi connectivity index (χ2n) is 3.72. The highest BCUT2D eigenvalue weighted by Gasteiger charge is 2.04. The summed E-state index contributed by atoms with van der Waals surface area (Å²) < 4.78 is 18.5. The van der Waals surface area contributed by atoms with Gasteiger partial charge in [0, 0.05) is 24.9 Å². The molecule has 2 rings (SSSR count). The molecular weight excluding hydrogens is 219 g/mol. The standard InChI is InChI=1S/C13H13FN2O/c1-9-2-4-11(14)6-12(9)17-13-5-3-10(7-15)8-16-13/h2-6,8H,7,15H2,1H3. The smallest absolute Gasteiger partial charge is 0.219 e. The second kappa shape index (κ2) is 4.93. The molecule has 0 spiro atoms. The lowest BCUT2D eigenvalue weighted by Crippen LogP contribution is -1.97. The predicted molar refractivity (Wildman–Crippen MR) is 63.3 cm³/mol. The minimum absolute atomic E-state index is 0.329. The van der Waals surface area contributed by atoms with E-state index in [4.69, 9.17) is 10.5 Å². The van der Waals surface area contributed by atoms with Crippen LogP contribution in [-0.4, -0.2) is 4.98 Å². The van der Waals surface area contributed by atoms with E-state index in [-0.39, 0.29) is 5.82 Å². The molecule has 88 valence electrons. The number of hydrogen-bond acceptors (Lipinski definition) is 3. The molecule has 17 heavy (non-hydrogen) atoms. The number of halogens is 1. The third-order valence-electron chi connectivity index (χ3n) is 2.40. The van der Waals surface area contributed by atoms with E-state index < -0.39 is 0 Å². The van der Waals surface area contributed by atoms with Gasteiger partial charge in [0.1, 0.15) is 11.6 Å². The minimum atomic E-state index is -0.329. The van der Waals surface area contributed by atoms with Crippen molar-refractivity contribution in [3.8, 4) is 11.6 Å². The lowest BCUT2D eigenvalue weighted by Gasteiger charge is -2.08. The van der Waals surface area contributed by atoms with E-state index in [0.29, 0.717) is 18.2 Å². The van der Waals surface area contributed by atoms with Crippen LogP contribution in [0.3, 0.4) is 0 Å². The Hall–Kier alpha value is -1.94. The lowest BCUT2D eigenvalue weighted by atomic mass is 10.2. The van der Waals surface area contributed by atoms with Crippen LogP contribution in [0.15, 0.2) is 36.5 Å². The zero-order valence-electron chi connectivity index (χ0n) is 9.48. The van der Waals surface area contributed by atoms with Gasteiger partial charge in [-0.25, -0.2) is 9.37 Å². The Morgan fingerprint density at radius 2 is 2.12 bits per heavy atom. The molecule has 0 atom stereocenters. The number of pyridine rings is 1. The predicted octanol–water partition coefficient (Wildman–Crippen LogP) is 2.78. The molecule has 0 saturated carbocycles. The number of nitrogens with zero attached hydrogens (tertiary/aromatic N) is 1. The SMILES string of the molecule is Cc1ccc(F)cc1Oc1ccc(CN)cn1. The maximum atomic E-state index is 13.1. The topological polar surface area (TPSA) is 48.1 Å². The van der Waals surface area contributed by atoms with Crippen LogP contribution in [-0.2, 0) is 6.54 Å². The van der Waals surface area contributed by atoms with Crippen molar-refractivity contribution in [3.63, 3.8) is 0 Å². The molecule has 1 aromatic heterocycles. The van der Waals surface area contributed by atoms with Crippen LogP contribution in [0, 0.1) is 12.7 Å². The highest BCUT2D eigenvalue weighted by atomic mass is 19.1. The highest BCUT2D eigenvalue weighted by molar-refractivity contribution is 5.35. The van der Waals surface area contributed by atoms with Crippen LogP contribution in [0.2, 0.25) is 0 Å². The van der Waals surface area contributed by atoms with Crippen LogP contribution < -0.4 is 10.5 Å². The number of nitrogens with two attached hydrogens (primary N) is 1. The van der Waals surface area contributed by atoms with Crippen LogP contribution >= 0.6 is 0 Å². The third kappa shape index (κ3) is 2.79. The van der Waals surface area contributed by atoms with Crippen LogP contribution in [0.4, 0.5) is 4.39 Å². The van der Waals surface area contributed by atoms with Crippen molar-refractivity contribution in [2.45, 2.75) is 13.5 Å². The zero-order chi connectivity index (χ0) is 12.3. The molecule has 2 N–H and O–H groups in total. The Bertz CT molecular complexity index is 511. The summed E-state index contributed by atoms with van der Waals surface area (Å²) in [5, 5.41) is 0. The lowest BCUT2D eigenvalue weighted by molar-refractivity contribution is 0.454. The molecule has 3 nitrogen and oxygen atoms in total. The van der Waals surface area contributed by atoms with Crippen molar-refractivity contribution in [2.75, 3.05) is 0 Å². The molecule has 0 aliphatic rings.